The molecule has 0 aliphatic rings. The van der Waals surface area contributed by atoms with Gasteiger partial charge in [-0.05, 0) is 24.3 Å². The van der Waals surface area contributed by atoms with Crippen LogP contribution in [0.15, 0.2) is 42.7 Å². The number of nitrogens with zero attached hydrogens (tertiary/aromatic N) is 1. The van der Waals surface area contributed by atoms with Crippen LogP contribution in [0.25, 0.3) is 0 Å². The van der Waals surface area contributed by atoms with Crippen molar-refractivity contribution in [3.05, 3.63) is 53.9 Å². The van der Waals surface area contributed by atoms with E-state index >= 15 is 0 Å². The van der Waals surface area contributed by atoms with Crippen molar-refractivity contribution in [2.24, 2.45) is 0 Å². The molecule has 0 saturated heterocycles. The van der Waals surface area contributed by atoms with Gasteiger partial charge in [0, 0.05) is 23.5 Å². The topological polar surface area (TPSA) is 51.6 Å². The lowest BCUT2D eigenvalue weighted by Crippen LogP contribution is -2.03. The van der Waals surface area contributed by atoms with Crippen LogP contribution in [0.1, 0.15) is 17.2 Å². The maximum absolute atomic E-state index is 10.3. The molecule has 0 aliphatic carbocycles. The zero-order valence-electron chi connectivity index (χ0n) is 10.3. The van der Waals surface area contributed by atoms with Gasteiger partial charge in [0.15, 0.2) is 0 Å². The molecular weight excluding hydrogens is 230 g/mol. The highest BCUT2D eigenvalue weighted by Gasteiger charge is 2.16. The Morgan fingerprint density at radius 2 is 2.00 bits per heavy atom. The molecule has 1 heterocycles. The Hall–Kier alpha value is -2.07. The molecule has 4 heteroatoms. The normalized spacial score (nSPS) is 11.9. The summed E-state index contributed by atoms with van der Waals surface area (Å²) in [6.07, 6.45) is 2.51. The molecule has 0 bridgehead atoms. The number of pyridine rings is 1. The lowest BCUT2D eigenvalue weighted by molar-refractivity contribution is 0.213. The summed E-state index contributed by atoms with van der Waals surface area (Å²) < 4.78 is 10.4. The zero-order chi connectivity index (χ0) is 13.0. The molecule has 1 N–H and O–H groups in total. The summed E-state index contributed by atoms with van der Waals surface area (Å²) in [6.45, 7) is 0. The Bertz CT molecular complexity index is 514. The molecular formula is C14H15NO3. The number of hydrogen-bond donors (Lipinski definition) is 1. The van der Waals surface area contributed by atoms with Gasteiger partial charge in [-0.15, -0.1) is 0 Å². The van der Waals surface area contributed by atoms with Gasteiger partial charge in [0.05, 0.1) is 14.2 Å². The van der Waals surface area contributed by atoms with Crippen molar-refractivity contribution in [2.75, 3.05) is 14.2 Å². The maximum atomic E-state index is 10.3. The number of benzene rings is 1. The summed E-state index contributed by atoms with van der Waals surface area (Å²) in [5, 5.41) is 10.3. The largest absolute Gasteiger partial charge is 0.497 e. The Morgan fingerprint density at radius 3 is 2.61 bits per heavy atom. The monoisotopic (exact) mass is 245 g/mol. The van der Waals surface area contributed by atoms with E-state index in [1.54, 1.807) is 50.9 Å². The van der Waals surface area contributed by atoms with Crippen LogP contribution in [-0.2, 0) is 0 Å². The van der Waals surface area contributed by atoms with Crippen LogP contribution in [0, 0.1) is 0 Å². The third-order valence-electron chi connectivity index (χ3n) is 2.73. The van der Waals surface area contributed by atoms with Crippen molar-refractivity contribution in [2.45, 2.75) is 6.10 Å². The Labute approximate surface area is 106 Å². The van der Waals surface area contributed by atoms with Gasteiger partial charge in [0.1, 0.15) is 17.6 Å². The van der Waals surface area contributed by atoms with Crippen LogP contribution in [-0.4, -0.2) is 24.3 Å². The van der Waals surface area contributed by atoms with Crippen molar-refractivity contribution in [3.63, 3.8) is 0 Å². The molecule has 0 aliphatic heterocycles. The van der Waals surface area contributed by atoms with E-state index < -0.39 is 6.10 Å². The fraction of sp³-hybridized carbons (Fsp3) is 0.214. The molecule has 2 aromatic rings. The van der Waals surface area contributed by atoms with Crippen molar-refractivity contribution >= 4 is 0 Å². The number of aliphatic hydroxyl groups is 1. The molecule has 1 aromatic carbocycles. The zero-order valence-corrected chi connectivity index (χ0v) is 10.3. The van der Waals surface area contributed by atoms with E-state index in [1.807, 2.05) is 6.07 Å². The molecule has 0 fully saturated rings. The van der Waals surface area contributed by atoms with Crippen LogP contribution in [0.5, 0.6) is 11.5 Å². The second-order valence-electron chi connectivity index (χ2n) is 3.80. The lowest BCUT2D eigenvalue weighted by Gasteiger charge is -2.15. The predicted molar refractivity (Wildman–Crippen MR) is 67.8 cm³/mol. The third kappa shape index (κ3) is 2.43. The second-order valence-corrected chi connectivity index (χ2v) is 3.80. The smallest absolute Gasteiger partial charge is 0.125 e. The van der Waals surface area contributed by atoms with E-state index in [-0.39, 0.29) is 0 Å². The predicted octanol–water partition coefficient (Wildman–Crippen LogP) is 2.18. The van der Waals surface area contributed by atoms with Gasteiger partial charge in [-0.25, -0.2) is 0 Å². The number of hydrogen-bond acceptors (Lipinski definition) is 4. The number of aliphatic hydroxyl groups excluding tert-OH is 1. The highest BCUT2D eigenvalue weighted by Crippen LogP contribution is 2.32. The van der Waals surface area contributed by atoms with Crippen LogP contribution in [0.2, 0.25) is 0 Å². The first-order chi connectivity index (χ1) is 8.76. The van der Waals surface area contributed by atoms with Gasteiger partial charge >= 0.3 is 0 Å². The van der Waals surface area contributed by atoms with E-state index in [1.165, 1.54) is 0 Å². The van der Waals surface area contributed by atoms with Gasteiger partial charge in [0.2, 0.25) is 0 Å². The summed E-state index contributed by atoms with van der Waals surface area (Å²) >= 11 is 0. The van der Waals surface area contributed by atoms with E-state index in [0.29, 0.717) is 22.6 Å². The summed E-state index contributed by atoms with van der Waals surface area (Å²) in [5.41, 5.74) is 1.37. The Kier molecular flexibility index (Phi) is 3.79. The van der Waals surface area contributed by atoms with Crippen LogP contribution < -0.4 is 9.47 Å². The molecule has 4 nitrogen and oxygen atoms in total. The maximum Gasteiger partial charge on any atom is 0.125 e. The molecule has 1 unspecified atom stereocenters. The van der Waals surface area contributed by atoms with Gasteiger partial charge in [-0.3, -0.25) is 4.98 Å². The summed E-state index contributed by atoms with van der Waals surface area (Å²) in [7, 11) is 3.16. The van der Waals surface area contributed by atoms with Crippen LogP contribution in [0.3, 0.4) is 0 Å². The first kappa shape index (κ1) is 12.4. The van der Waals surface area contributed by atoms with Gasteiger partial charge in [-0.2, -0.15) is 0 Å². The number of ether oxygens (including phenoxy) is 2. The minimum Gasteiger partial charge on any atom is -0.497 e. The van der Waals surface area contributed by atoms with Crippen LogP contribution in [0.4, 0.5) is 0 Å². The van der Waals surface area contributed by atoms with Crippen molar-refractivity contribution in [1.29, 1.82) is 0 Å². The standard InChI is InChI=1S/C14H15NO3/c1-17-11-5-6-13(18-2)12(8-11)14(16)10-4-3-7-15-9-10/h3-9,14,16H,1-2H3. The molecule has 1 aromatic heterocycles. The SMILES string of the molecule is COc1ccc(OC)c(C(O)c2cccnc2)c1. The van der Waals surface area contributed by atoms with Crippen molar-refractivity contribution < 1.29 is 14.6 Å². The van der Waals surface area contributed by atoms with Gasteiger partial charge < -0.3 is 14.6 Å². The van der Waals surface area contributed by atoms with E-state index in [2.05, 4.69) is 4.98 Å². The second kappa shape index (κ2) is 5.51. The number of aromatic nitrogens is 1. The van der Waals surface area contributed by atoms with Gasteiger partial charge in [-0.1, -0.05) is 6.07 Å². The molecule has 1 atom stereocenters. The average Bonchev–Trinajstić information content (AvgIpc) is 2.46. The van der Waals surface area contributed by atoms with Crippen LogP contribution >= 0.6 is 0 Å². The summed E-state index contributed by atoms with van der Waals surface area (Å²) in [5.74, 6) is 1.29. The van der Waals surface area contributed by atoms with E-state index in [0.717, 1.165) is 0 Å². The quantitative estimate of drug-likeness (QED) is 0.897. The highest BCUT2D eigenvalue weighted by atomic mass is 16.5. The van der Waals surface area contributed by atoms with E-state index in [9.17, 15) is 5.11 Å². The lowest BCUT2D eigenvalue weighted by atomic mass is 10.0. The third-order valence-corrected chi connectivity index (χ3v) is 2.73. The fourth-order valence-corrected chi connectivity index (χ4v) is 1.77. The molecule has 2 rings (SSSR count). The van der Waals surface area contributed by atoms with Crippen molar-refractivity contribution in [1.82, 2.24) is 4.98 Å². The molecule has 0 radical (unpaired) electrons. The first-order valence-electron chi connectivity index (χ1n) is 5.56. The minimum atomic E-state index is -0.788. The summed E-state index contributed by atoms with van der Waals surface area (Å²) in [6, 6.07) is 8.92. The number of methoxy groups -OCH3 is 2. The molecule has 0 saturated carbocycles. The Balaban J connectivity index is 2.42. The molecule has 18 heavy (non-hydrogen) atoms. The van der Waals surface area contributed by atoms with Crippen molar-refractivity contribution in [3.8, 4) is 11.5 Å². The van der Waals surface area contributed by atoms with Gasteiger partial charge in [0.25, 0.3) is 0 Å². The fourth-order valence-electron chi connectivity index (χ4n) is 1.77. The number of rotatable bonds is 4. The van der Waals surface area contributed by atoms with E-state index in [4.69, 9.17) is 9.47 Å². The highest BCUT2D eigenvalue weighted by molar-refractivity contribution is 5.44. The first-order valence-corrected chi connectivity index (χ1v) is 5.56. The minimum absolute atomic E-state index is 0.618. The molecule has 94 valence electrons. The molecule has 0 amide bonds. The average molecular weight is 245 g/mol. The Morgan fingerprint density at radius 1 is 1.17 bits per heavy atom. The summed E-state index contributed by atoms with van der Waals surface area (Å²) in [4.78, 5) is 4.00. The molecule has 0 spiro atoms.